The zero-order chi connectivity index (χ0) is 30.7. The van der Waals surface area contributed by atoms with Crippen LogP contribution in [-0.2, 0) is 16.1 Å². The van der Waals surface area contributed by atoms with Gasteiger partial charge in [-0.1, -0.05) is 18.2 Å². The smallest absolute Gasteiger partial charge is 0.251 e. The molecule has 0 saturated carbocycles. The molecule has 1 aliphatic rings. The summed E-state index contributed by atoms with van der Waals surface area (Å²) in [6.45, 7) is 5.71. The second-order valence-electron chi connectivity index (χ2n) is 10.8. The maximum absolute atomic E-state index is 14.4. The van der Waals surface area contributed by atoms with E-state index in [9.17, 15) is 19.1 Å². The number of benzene rings is 3. The number of carbonyl (C=O) groups is 2. The van der Waals surface area contributed by atoms with Gasteiger partial charge in [0.25, 0.3) is 5.91 Å². The number of nitrogens with zero attached hydrogens (tertiary/aromatic N) is 5. The van der Waals surface area contributed by atoms with Gasteiger partial charge in [0.1, 0.15) is 31.6 Å². The van der Waals surface area contributed by atoms with Crippen LogP contribution in [0.3, 0.4) is 0 Å². The van der Waals surface area contributed by atoms with Crippen LogP contribution in [-0.4, -0.2) is 63.0 Å². The minimum Gasteiger partial charge on any atom is -0.504 e. The topological polar surface area (TPSA) is 141 Å². The minimum atomic E-state index is -1.24. The monoisotopic (exact) mass is 590 g/mol. The summed E-state index contributed by atoms with van der Waals surface area (Å²) in [4.78, 5) is 30.5. The molecule has 4 aromatic rings. The quantitative estimate of drug-likeness (QED) is 0.315. The molecule has 3 aromatic carbocycles. The molecule has 5 rings (SSSR count). The zero-order valence-corrected chi connectivity index (χ0v) is 24.1. The molecule has 0 spiro atoms. The number of methoxy groups -OCH3 is 1. The van der Waals surface area contributed by atoms with Gasteiger partial charge in [0, 0.05) is 17.3 Å². The molecule has 0 fully saturated rings. The lowest BCUT2D eigenvalue weighted by Crippen LogP contribution is -2.50. The molecular weight excluding hydrogens is 559 g/mol. The van der Waals surface area contributed by atoms with Crippen LogP contribution in [0.4, 0.5) is 10.1 Å². The molecule has 0 aliphatic carbocycles. The summed E-state index contributed by atoms with van der Waals surface area (Å²) < 4.78 is 31.1. The number of ether oxygens (including phenoxy) is 3. The van der Waals surface area contributed by atoms with Crippen molar-refractivity contribution in [2.45, 2.75) is 38.9 Å². The molecule has 13 heteroatoms. The summed E-state index contributed by atoms with van der Waals surface area (Å²) >= 11 is 0. The SMILES string of the molecule is COc1cc(C(C(=O)NC(C)(C)C)N(C(=O)Cn2nnc(-c3ccccc3F)n2)c2ccc3c(c2)OCCO3)ccc1O. The Morgan fingerprint density at radius 2 is 1.84 bits per heavy atom. The lowest BCUT2D eigenvalue weighted by Gasteiger charge is -2.34. The highest BCUT2D eigenvalue weighted by Gasteiger charge is 2.36. The van der Waals surface area contributed by atoms with Gasteiger partial charge >= 0.3 is 0 Å². The number of halogens is 1. The number of fused-ring (bicyclic) bond motifs is 1. The van der Waals surface area contributed by atoms with Gasteiger partial charge < -0.3 is 24.6 Å². The fraction of sp³-hybridized carbons (Fsp3) is 0.300. The first-order chi connectivity index (χ1) is 20.5. The maximum atomic E-state index is 14.4. The van der Waals surface area contributed by atoms with Crippen LogP contribution in [0.2, 0.25) is 0 Å². The molecule has 1 unspecified atom stereocenters. The van der Waals surface area contributed by atoms with Crippen LogP contribution in [0.25, 0.3) is 11.4 Å². The third-order valence-corrected chi connectivity index (χ3v) is 6.44. The van der Waals surface area contributed by atoms with E-state index >= 15 is 0 Å². The van der Waals surface area contributed by atoms with Crippen molar-refractivity contribution < 1.29 is 33.3 Å². The highest BCUT2D eigenvalue weighted by molar-refractivity contribution is 6.01. The maximum Gasteiger partial charge on any atom is 0.251 e. The van der Waals surface area contributed by atoms with Crippen LogP contribution in [0.15, 0.2) is 60.7 Å². The molecule has 0 saturated heterocycles. The van der Waals surface area contributed by atoms with Crippen LogP contribution >= 0.6 is 0 Å². The second kappa shape index (κ2) is 12.0. The molecule has 2 amide bonds. The molecule has 12 nitrogen and oxygen atoms in total. The summed E-state index contributed by atoms with van der Waals surface area (Å²) in [5, 5.41) is 25.3. The molecule has 0 bridgehead atoms. The standard InChI is InChI=1S/C30H31FN6O6/c1-30(2,3)32-29(40)27(18-9-11-22(38)24(15-18)41-4)37(19-10-12-23-25(16-19)43-14-13-42-23)26(39)17-36-34-28(33-35-36)20-7-5-6-8-21(20)31/h5-12,15-16,27,38H,13-14,17H2,1-4H3,(H,32,40). The number of hydrogen-bond acceptors (Lipinski definition) is 9. The molecule has 43 heavy (non-hydrogen) atoms. The minimum absolute atomic E-state index is 0.00192. The number of aromatic hydroxyl groups is 1. The number of rotatable bonds is 8. The van der Waals surface area contributed by atoms with E-state index in [1.807, 2.05) is 20.8 Å². The van der Waals surface area contributed by atoms with Gasteiger partial charge in [-0.15, -0.1) is 10.2 Å². The van der Waals surface area contributed by atoms with E-state index in [1.54, 1.807) is 30.3 Å². The number of nitrogens with one attached hydrogen (secondary N) is 1. The van der Waals surface area contributed by atoms with E-state index in [0.717, 1.165) is 4.80 Å². The number of phenols is 1. The van der Waals surface area contributed by atoms with Crippen LogP contribution in [0.1, 0.15) is 32.4 Å². The van der Waals surface area contributed by atoms with Crippen molar-refractivity contribution in [3.8, 4) is 34.4 Å². The molecular formula is C30H31FN6O6. The van der Waals surface area contributed by atoms with Crippen molar-refractivity contribution in [3.05, 3.63) is 72.0 Å². The summed E-state index contributed by atoms with van der Waals surface area (Å²) in [6, 6.07) is 14.0. The second-order valence-corrected chi connectivity index (χ2v) is 10.8. The Kier molecular flexibility index (Phi) is 8.15. The molecule has 224 valence electrons. The number of anilines is 1. The van der Waals surface area contributed by atoms with Gasteiger partial charge in [-0.2, -0.15) is 4.80 Å². The Bertz CT molecular complexity index is 1650. The number of aromatic nitrogens is 4. The third-order valence-electron chi connectivity index (χ3n) is 6.44. The molecule has 1 aliphatic heterocycles. The van der Waals surface area contributed by atoms with Gasteiger partial charge in [-0.3, -0.25) is 14.5 Å². The number of tetrazole rings is 1. The van der Waals surface area contributed by atoms with Gasteiger partial charge in [0.2, 0.25) is 11.7 Å². The van der Waals surface area contributed by atoms with Crippen molar-refractivity contribution in [2.75, 3.05) is 25.2 Å². The summed E-state index contributed by atoms with van der Waals surface area (Å²) in [5.74, 6) is -0.734. The van der Waals surface area contributed by atoms with Crippen LogP contribution < -0.4 is 24.4 Å². The highest BCUT2D eigenvalue weighted by atomic mass is 19.1. The fourth-order valence-corrected chi connectivity index (χ4v) is 4.60. The molecule has 1 aromatic heterocycles. The first-order valence-electron chi connectivity index (χ1n) is 13.5. The Morgan fingerprint density at radius 3 is 2.56 bits per heavy atom. The first kappa shape index (κ1) is 29.3. The van der Waals surface area contributed by atoms with E-state index in [4.69, 9.17) is 14.2 Å². The Morgan fingerprint density at radius 1 is 1.09 bits per heavy atom. The number of amides is 2. The zero-order valence-electron chi connectivity index (χ0n) is 24.1. The average Bonchev–Trinajstić information content (AvgIpc) is 3.43. The predicted molar refractivity (Wildman–Crippen MR) is 153 cm³/mol. The average molecular weight is 591 g/mol. The Hall–Kier alpha value is -5.20. The Labute approximate surface area is 247 Å². The van der Waals surface area contributed by atoms with E-state index in [0.29, 0.717) is 36.0 Å². The number of carbonyl (C=O) groups excluding carboxylic acids is 2. The largest absolute Gasteiger partial charge is 0.504 e. The summed E-state index contributed by atoms with van der Waals surface area (Å²) in [7, 11) is 1.39. The molecule has 2 heterocycles. The number of phenolic OH excluding ortho intramolecular Hbond substituents is 1. The van der Waals surface area contributed by atoms with Crippen molar-refractivity contribution >= 4 is 17.5 Å². The van der Waals surface area contributed by atoms with E-state index in [2.05, 4.69) is 20.7 Å². The predicted octanol–water partition coefficient (Wildman–Crippen LogP) is 3.65. The number of hydrogen-bond donors (Lipinski definition) is 2. The summed E-state index contributed by atoms with van der Waals surface area (Å²) in [5.41, 5.74) is 0.159. The van der Waals surface area contributed by atoms with Gasteiger partial charge in [0.15, 0.2) is 23.0 Å². The van der Waals surface area contributed by atoms with Gasteiger partial charge in [0.05, 0.1) is 12.7 Å². The Balaban J connectivity index is 1.60. The van der Waals surface area contributed by atoms with Crippen molar-refractivity contribution in [2.24, 2.45) is 0 Å². The van der Waals surface area contributed by atoms with E-state index in [1.165, 1.54) is 42.3 Å². The van der Waals surface area contributed by atoms with Crippen molar-refractivity contribution in [1.82, 2.24) is 25.5 Å². The van der Waals surface area contributed by atoms with E-state index < -0.39 is 35.8 Å². The first-order valence-corrected chi connectivity index (χ1v) is 13.5. The normalized spacial score (nSPS) is 13.2. The van der Waals surface area contributed by atoms with Crippen LogP contribution in [0, 0.1) is 5.82 Å². The van der Waals surface area contributed by atoms with Gasteiger partial charge in [-0.05, 0) is 67.9 Å². The molecule has 0 radical (unpaired) electrons. The van der Waals surface area contributed by atoms with Crippen LogP contribution in [0.5, 0.6) is 23.0 Å². The summed E-state index contributed by atoms with van der Waals surface area (Å²) in [6.07, 6.45) is 0. The lowest BCUT2D eigenvalue weighted by molar-refractivity contribution is -0.128. The van der Waals surface area contributed by atoms with E-state index in [-0.39, 0.29) is 22.9 Å². The van der Waals surface area contributed by atoms with Gasteiger partial charge in [-0.25, -0.2) is 4.39 Å². The third kappa shape index (κ3) is 6.50. The molecule has 1 atom stereocenters. The fourth-order valence-electron chi connectivity index (χ4n) is 4.60. The molecule has 2 N–H and O–H groups in total. The lowest BCUT2D eigenvalue weighted by atomic mass is 10.00. The van der Waals surface area contributed by atoms with Crippen molar-refractivity contribution in [1.29, 1.82) is 0 Å². The van der Waals surface area contributed by atoms with Crippen molar-refractivity contribution in [3.63, 3.8) is 0 Å². The highest BCUT2D eigenvalue weighted by Crippen LogP contribution is 2.39.